The third-order valence-corrected chi connectivity index (χ3v) is 6.34. The molecule has 3 rings (SSSR count). The zero-order chi connectivity index (χ0) is 20.7. The van der Waals surface area contributed by atoms with E-state index in [1.807, 2.05) is 12.3 Å². The van der Waals surface area contributed by atoms with Crippen LogP contribution in [0.5, 0.6) is 0 Å². The van der Waals surface area contributed by atoms with Gasteiger partial charge in [-0.05, 0) is 42.3 Å². The second kappa shape index (κ2) is 9.64. The lowest BCUT2D eigenvalue weighted by molar-refractivity contribution is -0.139. The fourth-order valence-electron chi connectivity index (χ4n) is 2.36. The van der Waals surface area contributed by atoms with Crippen molar-refractivity contribution < 1.29 is 22.4 Å². The average Bonchev–Trinajstić information content (AvgIpc) is 3.41. The molecule has 3 aromatic rings. The number of hydrogen-bond donors (Lipinski definition) is 1. The van der Waals surface area contributed by atoms with Gasteiger partial charge in [-0.15, -0.1) is 11.3 Å². The second-order valence-corrected chi connectivity index (χ2v) is 8.71. The summed E-state index contributed by atoms with van der Waals surface area (Å²) in [6.07, 6.45) is 5.19. The van der Waals surface area contributed by atoms with Crippen LogP contribution in [0.3, 0.4) is 0 Å². The molecule has 9 heteroatoms. The van der Waals surface area contributed by atoms with Crippen molar-refractivity contribution in [1.29, 1.82) is 0 Å². The van der Waals surface area contributed by atoms with Crippen LogP contribution in [0.2, 0.25) is 0 Å². The van der Waals surface area contributed by atoms with Gasteiger partial charge in [0.1, 0.15) is 12.4 Å². The van der Waals surface area contributed by atoms with Gasteiger partial charge in [-0.1, -0.05) is 19.1 Å². The van der Waals surface area contributed by atoms with Gasteiger partial charge in [0, 0.05) is 11.5 Å². The zero-order valence-electron chi connectivity index (χ0n) is 15.7. The summed E-state index contributed by atoms with van der Waals surface area (Å²) in [6, 6.07) is 9.54. The predicted molar refractivity (Wildman–Crippen MR) is 109 cm³/mol. The number of aromatic nitrogens is 1. The molecule has 1 aromatic carbocycles. The molecule has 0 amide bonds. The Morgan fingerprint density at radius 3 is 2.72 bits per heavy atom. The van der Waals surface area contributed by atoms with Crippen LogP contribution in [0.25, 0.3) is 6.08 Å². The van der Waals surface area contributed by atoms with Crippen molar-refractivity contribution in [3.63, 3.8) is 0 Å². The fourth-order valence-corrected chi connectivity index (χ4v) is 4.08. The molecule has 0 aliphatic rings. The molecule has 152 valence electrons. The van der Waals surface area contributed by atoms with Crippen molar-refractivity contribution in [1.82, 2.24) is 9.71 Å². The first-order valence-corrected chi connectivity index (χ1v) is 11.2. The van der Waals surface area contributed by atoms with Crippen LogP contribution < -0.4 is 4.72 Å². The van der Waals surface area contributed by atoms with Crippen LogP contribution >= 0.6 is 11.3 Å². The predicted octanol–water partition coefficient (Wildman–Crippen LogP) is 3.53. The fraction of sp³-hybridized carbons (Fsp3) is 0.200. The Morgan fingerprint density at radius 1 is 1.28 bits per heavy atom. The molecule has 2 heterocycles. The highest BCUT2D eigenvalue weighted by atomic mass is 32.2. The van der Waals surface area contributed by atoms with Gasteiger partial charge in [-0.25, -0.2) is 22.9 Å². The van der Waals surface area contributed by atoms with E-state index >= 15 is 0 Å². The minimum absolute atomic E-state index is 0.0710. The van der Waals surface area contributed by atoms with E-state index < -0.39 is 16.0 Å². The van der Waals surface area contributed by atoms with E-state index in [9.17, 15) is 13.2 Å². The van der Waals surface area contributed by atoms with E-state index in [1.54, 1.807) is 30.3 Å². The van der Waals surface area contributed by atoms with Gasteiger partial charge >= 0.3 is 5.97 Å². The summed E-state index contributed by atoms with van der Waals surface area (Å²) in [6.45, 7) is 2.21. The minimum Gasteiger partial charge on any atom is -0.468 e. The van der Waals surface area contributed by atoms with Gasteiger partial charge in [0.25, 0.3) is 0 Å². The van der Waals surface area contributed by atoms with Crippen LogP contribution in [0.4, 0.5) is 0 Å². The molecule has 2 aromatic heterocycles. The summed E-state index contributed by atoms with van der Waals surface area (Å²) in [5.74, 6) is 0.0306. The second-order valence-electron chi connectivity index (χ2n) is 6.00. The number of rotatable bonds is 9. The third kappa shape index (κ3) is 6.11. The number of benzene rings is 1. The Hall–Kier alpha value is -2.75. The summed E-state index contributed by atoms with van der Waals surface area (Å²) in [4.78, 5) is 16.3. The van der Waals surface area contributed by atoms with Crippen LogP contribution in [0.1, 0.15) is 28.9 Å². The van der Waals surface area contributed by atoms with Gasteiger partial charge in [0.05, 0.1) is 28.4 Å². The van der Waals surface area contributed by atoms with Gasteiger partial charge < -0.3 is 9.15 Å². The average molecular weight is 433 g/mol. The first-order chi connectivity index (χ1) is 14.0. The Kier molecular flexibility index (Phi) is 6.97. The van der Waals surface area contributed by atoms with Crippen molar-refractivity contribution in [3.8, 4) is 0 Å². The molecule has 1 N–H and O–H groups in total. The quantitative estimate of drug-likeness (QED) is 0.410. The Balaban J connectivity index is 1.52. The van der Waals surface area contributed by atoms with E-state index in [-0.39, 0.29) is 18.0 Å². The monoisotopic (exact) mass is 432 g/mol. The van der Waals surface area contributed by atoms with Crippen LogP contribution in [0, 0.1) is 0 Å². The molecule has 0 fully saturated rings. The number of aryl methyl sites for hydroxylation is 1. The summed E-state index contributed by atoms with van der Waals surface area (Å²) in [5.41, 5.74) is 1.40. The zero-order valence-corrected chi connectivity index (χ0v) is 17.3. The molecule has 0 atom stereocenters. The number of thiazole rings is 1. The van der Waals surface area contributed by atoms with E-state index in [1.165, 1.54) is 35.8 Å². The molecule has 0 aliphatic heterocycles. The molecule has 0 radical (unpaired) electrons. The number of nitrogens with one attached hydrogen (secondary N) is 1. The smallest absolute Gasteiger partial charge is 0.331 e. The number of sulfonamides is 1. The van der Waals surface area contributed by atoms with Gasteiger partial charge in [0.15, 0.2) is 0 Å². The molecule has 7 nitrogen and oxygen atoms in total. The Labute approximate surface area is 173 Å². The summed E-state index contributed by atoms with van der Waals surface area (Å²) in [7, 11) is -3.66. The maximum Gasteiger partial charge on any atom is 0.331 e. The lowest BCUT2D eigenvalue weighted by atomic mass is 10.2. The molecule has 0 aliphatic carbocycles. The number of ether oxygens (including phenoxy) is 1. The summed E-state index contributed by atoms with van der Waals surface area (Å²) in [5, 5.41) is 2.87. The van der Waals surface area contributed by atoms with Crippen LogP contribution in [-0.2, 0) is 39.1 Å². The number of carbonyl (C=O) groups excluding carboxylic acids is 1. The van der Waals surface area contributed by atoms with Gasteiger partial charge in [0.2, 0.25) is 10.0 Å². The van der Waals surface area contributed by atoms with Crippen molar-refractivity contribution in [2.24, 2.45) is 0 Å². The van der Waals surface area contributed by atoms with Crippen molar-refractivity contribution in [2.75, 3.05) is 0 Å². The lowest BCUT2D eigenvalue weighted by Crippen LogP contribution is -2.22. The molecule has 0 saturated carbocycles. The molecular formula is C20H20N2O5S2. The Bertz CT molecular complexity index is 1070. The standard InChI is InChI=1S/C20H20N2O5S2/c1-2-19-22-16(14-28-19)13-27-20(23)10-7-15-5-8-18(9-6-15)29(24,25)21-12-17-4-3-11-26-17/h3-11,14,21H,2,12-13H2,1H3/b10-7+. The topological polar surface area (TPSA) is 98.5 Å². The van der Waals surface area contributed by atoms with Gasteiger partial charge in [-0.2, -0.15) is 0 Å². The maximum atomic E-state index is 12.3. The SMILES string of the molecule is CCc1nc(COC(=O)/C=C/c2ccc(S(=O)(=O)NCc3ccco3)cc2)cs1. The summed E-state index contributed by atoms with van der Waals surface area (Å²) >= 11 is 1.54. The van der Waals surface area contributed by atoms with Crippen LogP contribution in [-0.4, -0.2) is 19.4 Å². The molecule has 29 heavy (non-hydrogen) atoms. The number of furan rings is 1. The third-order valence-electron chi connectivity index (χ3n) is 3.88. The highest BCUT2D eigenvalue weighted by molar-refractivity contribution is 7.89. The largest absolute Gasteiger partial charge is 0.468 e. The Morgan fingerprint density at radius 2 is 2.07 bits per heavy atom. The lowest BCUT2D eigenvalue weighted by Gasteiger charge is -2.05. The van der Waals surface area contributed by atoms with E-state index in [2.05, 4.69) is 9.71 Å². The van der Waals surface area contributed by atoms with E-state index in [4.69, 9.17) is 9.15 Å². The van der Waals surface area contributed by atoms with Crippen molar-refractivity contribution in [2.45, 2.75) is 31.4 Å². The number of hydrogen-bond acceptors (Lipinski definition) is 7. The number of carbonyl (C=O) groups is 1. The number of nitrogens with zero attached hydrogens (tertiary/aromatic N) is 1. The van der Waals surface area contributed by atoms with Crippen molar-refractivity contribution >= 4 is 33.4 Å². The molecule has 0 spiro atoms. The minimum atomic E-state index is -3.66. The molecule has 0 saturated heterocycles. The van der Waals surface area contributed by atoms with E-state index in [0.29, 0.717) is 11.3 Å². The highest BCUT2D eigenvalue weighted by Gasteiger charge is 2.14. The maximum absolute atomic E-state index is 12.3. The van der Waals surface area contributed by atoms with Crippen molar-refractivity contribution in [3.05, 3.63) is 76.1 Å². The summed E-state index contributed by atoms with van der Waals surface area (Å²) < 4.78 is 37.3. The normalized spacial score (nSPS) is 11.8. The molecule has 0 bridgehead atoms. The molecule has 0 unspecified atom stereocenters. The van der Waals surface area contributed by atoms with E-state index in [0.717, 1.165) is 17.1 Å². The first kappa shape index (κ1) is 21.0. The van der Waals surface area contributed by atoms with Gasteiger partial charge in [-0.3, -0.25) is 0 Å². The highest BCUT2D eigenvalue weighted by Crippen LogP contribution is 2.14. The number of esters is 1. The first-order valence-electron chi connectivity index (χ1n) is 8.86. The van der Waals surface area contributed by atoms with Crippen LogP contribution in [0.15, 0.2) is 63.4 Å². The molecular weight excluding hydrogens is 412 g/mol.